The van der Waals surface area contributed by atoms with Crippen LogP contribution in [0, 0.1) is 0 Å². The number of ether oxygens (including phenoxy) is 2. The van der Waals surface area contributed by atoms with E-state index in [1.54, 1.807) is 7.11 Å². The Morgan fingerprint density at radius 3 is 2.55 bits per heavy atom. The van der Waals surface area contributed by atoms with Gasteiger partial charge in [-0.2, -0.15) is 0 Å². The van der Waals surface area contributed by atoms with Gasteiger partial charge in [0.1, 0.15) is 23.7 Å². The molecule has 2 heterocycles. The lowest BCUT2D eigenvalue weighted by atomic mass is 10.1. The second-order valence-corrected chi connectivity index (χ2v) is 8.00. The molecule has 1 aliphatic rings. The maximum atomic E-state index is 10.4. The van der Waals surface area contributed by atoms with Gasteiger partial charge in [-0.15, -0.1) is 0 Å². The van der Waals surface area contributed by atoms with E-state index in [4.69, 9.17) is 14.1 Å². The molecule has 1 aliphatic heterocycles. The van der Waals surface area contributed by atoms with Crippen LogP contribution in [0.25, 0.3) is 11.0 Å². The van der Waals surface area contributed by atoms with Gasteiger partial charge in [-0.25, -0.2) is 4.63 Å². The normalized spacial score (nSPS) is 15.8. The van der Waals surface area contributed by atoms with Crippen molar-refractivity contribution >= 4 is 11.0 Å². The number of hydrogen-bond donors (Lipinski definition) is 2. The number of hydrogen-bond acceptors (Lipinski definition) is 8. The van der Waals surface area contributed by atoms with Crippen LogP contribution < -0.4 is 14.8 Å². The van der Waals surface area contributed by atoms with E-state index in [2.05, 4.69) is 20.5 Å². The topological polar surface area (TPSA) is 92.9 Å². The number of rotatable bonds is 10. The highest BCUT2D eigenvalue weighted by molar-refractivity contribution is 5.73. The van der Waals surface area contributed by atoms with Crippen molar-refractivity contribution in [3.63, 3.8) is 0 Å². The summed E-state index contributed by atoms with van der Waals surface area (Å²) >= 11 is 0. The summed E-state index contributed by atoms with van der Waals surface area (Å²) in [6, 6.07) is 11.7. The van der Waals surface area contributed by atoms with Gasteiger partial charge in [0.2, 0.25) is 0 Å². The van der Waals surface area contributed by atoms with Crippen molar-refractivity contribution in [1.82, 2.24) is 20.5 Å². The van der Waals surface area contributed by atoms with Gasteiger partial charge < -0.3 is 24.8 Å². The van der Waals surface area contributed by atoms with Crippen LogP contribution in [0.5, 0.6) is 11.5 Å². The summed E-state index contributed by atoms with van der Waals surface area (Å²) in [6.07, 6.45) is 3.18. The van der Waals surface area contributed by atoms with Crippen LogP contribution in [0.2, 0.25) is 0 Å². The van der Waals surface area contributed by atoms with E-state index in [1.165, 1.54) is 19.3 Å². The monoisotopic (exact) mass is 426 g/mol. The summed E-state index contributed by atoms with van der Waals surface area (Å²) in [7, 11) is 1.62. The van der Waals surface area contributed by atoms with Crippen LogP contribution in [-0.2, 0) is 13.1 Å². The number of aliphatic hydroxyl groups is 1. The van der Waals surface area contributed by atoms with Crippen molar-refractivity contribution in [2.75, 3.05) is 33.4 Å². The van der Waals surface area contributed by atoms with Crippen molar-refractivity contribution in [2.24, 2.45) is 0 Å². The molecule has 0 spiro atoms. The standard InChI is InChI=1S/C23H30N4O4/c1-29-22-8-6-18(14-24-13-17-5-7-20-21(11-17)26-31-25-20)12-23(22)30-16-19(28)15-27-9-3-2-4-10-27/h5-8,11-12,19,24,28H,2-4,9-10,13-16H2,1H3/t19-/m1/s1. The summed E-state index contributed by atoms with van der Waals surface area (Å²) in [6.45, 7) is 4.37. The number of aromatic nitrogens is 2. The molecule has 2 N–H and O–H groups in total. The molecule has 0 saturated carbocycles. The largest absolute Gasteiger partial charge is 0.493 e. The van der Waals surface area contributed by atoms with Crippen LogP contribution in [0.3, 0.4) is 0 Å². The number of aliphatic hydroxyl groups excluding tert-OH is 1. The smallest absolute Gasteiger partial charge is 0.161 e. The fourth-order valence-electron chi connectivity index (χ4n) is 3.91. The summed E-state index contributed by atoms with van der Waals surface area (Å²) in [4.78, 5) is 2.31. The van der Waals surface area contributed by atoms with Gasteiger partial charge in [0, 0.05) is 19.6 Å². The van der Waals surface area contributed by atoms with Crippen LogP contribution in [0.15, 0.2) is 41.0 Å². The molecule has 2 aromatic carbocycles. The number of piperidine rings is 1. The fourth-order valence-corrected chi connectivity index (χ4v) is 3.91. The number of fused-ring (bicyclic) bond motifs is 1. The van der Waals surface area contributed by atoms with Crippen molar-refractivity contribution in [1.29, 1.82) is 0 Å². The van der Waals surface area contributed by atoms with Gasteiger partial charge in [-0.1, -0.05) is 18.6 Å². The molecule has 8 nitrogen and oxygen atoms in total. The average molecular weight is 427 g/mol. The van der Waals surface area contributed by atoms with E-state index in [0.717, 1.165) is 35.2 Å². The molecule has 0 aliphatic carbocycles. The molecule has 1 atom stereocenters. The highest BCUT2D eigenvalue weighted by atomic mass is 16.6. The third-order valence-electron chi connectivity index (χ3n) is 5.55. The van der Waals surface area contributed by atoms with Crippen molar-refractivity contribution in [2.45, 2.75) is 38.5 Å². The first-order valence-electron chi connectivity index (χ1n) is 10.8. The zero-order chi connectivity index (χ0) is 21.5. The Balaban J connectivity index is 1.29. The van der Waals surface area contributed by atoms with Crippen LogP contribution in [-0.4, -0.2) is 59.8 Å². The summed E-state index contributed by atoms with van der Waals surface area (Å²) in [5.74, 6) is 1.31. The van der Waals surface area contributed by atoms with E-state index in [9.17, 15) is 5.11 Å². The Kier molecular flexibility index (Phi) is 7.35. The quantitative estimate of drug-likeness (QED) is 0.511. The van der Waals surface area contributed by atoms with Crippen LogP contribution in [0.4, 0.5) is 0 Å². The minimum Gasteiger partial charge on any atom is -0.493 e. The van der Waals surface area contributed by atoms with E-state index in [1.807, 2.05) is 36.4 Å². The molecule has 1 saturated heterocycles. The van der Waals surface area contributed by atoms with Crippen LogP contribution >= 0.6 is 0 Å². The first kappa shape index (κ1) is 21.5. The Morgan fingerprint density at radius 1 is 1.00 bits per heavy atom. The van der Waals surface area contributed by atoms with Gasteiger partial charge in [0.25, 0.3) is 0 Å². The predicted molar refractivity (Wildman–Crippen MR) is 117 cm³/mol. The molecular formula is C23H30N4O4. The number of β-amino-alcohol motifs (C(OH)–C–C–N with tert-alkyl or cyclic N) is 1. The minimum absolute atomic E-state index is 0.246. The third-order valence-corrected chi connectivity index (χ3v) is 5.55. The van der Waals surface area contributed by atoms with Crippen molar-refractivity contribution < 1.29 is 19.2 Å². The maximum Gasteiger partial charge on any atom is 0.161 e. The molecule has 0 unspecified atom stereocenters. The third kappa shape index (κ3) is 5.94. The highest BCUT2D eigenvalue weighted by Gasteiger charge is 2.16. The first-order valence-corrected chi connectivity index (χ1v) is 10.8. The van der Waals surface area contributed by atoms with Gasteiger partial charge in [0.05, 0.1) is 7.11 Å². The van der Waals surface area contributed by atoms with Gasteiger partial charge >= 0.3 is 0 Å². The predicted octanol–water partition coefficient (Wildman–Crippen LogP) is 2.75. The molecule has 8 heteroatoms. The number of benzene rings is 2. The minimum atomic E-state index is -0.523. The number of nitrogens with zero attached hydrogens (tertiary/aromatic N) is 3. The van der Waals surface area contributed by atoms with Crippen molar-refractivity contribution in [3.8, 4) is 11.5 Å². The van der Waals surface area contributed by atoms with Gasteiger partial charge in [-0.05, 0) is 71.6 Å². The first-order chi connectivity index (χ1) is 15.2. The molecule has 4 rings (SSSR count). The zero-order valence-corrected chi connectivity index (χ0v) is 17.9. The Morgan fingerprint density at radius 2 is 1.74 bits per heavy atom. The zero-order valence-electron chi connectivity index (χ0n) is 17.9. The molecule has 1 aromatic heterocycles. The van der Waals surface area contributed by atoms with Crippen LogP contribution in [0.1, 0.15) is 30.4 Å². The Labute approximate surface area is 182 Å². The number of methoxy groups -OCH3 is 1. The van der Waals surface area contributed by atoms with Gasteiger partial charge in [-0.3, -0.25) is 0 Å². The molecule has 1 fully saturated rings. The van der Waals surface area contributed by atoms with Crippen molar-refractivity contribution in [3.05, 3.63) is 47.5 Å². The van der Waals surface area contributed by atoms with E-state index < -0.39 is 6.10 Å². The lowest BCUT2D eigenvalue weighted by molar-refractivity contribution is 0.0608. The summed E-state index contributed by atoms with van der Waals surface area (Å²) in [5, 5.41) is 21.5. The fraction of sp³-hybridized carbons (Fsp3) is 0.478. The van der Waals surface area contributed by atoms with E-state index in [0.29, 0.717) is 31.1 Å². The SMILES string of the molecule is COc1ccc(CNCc2ccc3nonc3c2)cc1OC[C@H](O)CN1CCCCC1. The average Bonchev–Trinajstić information content (AvgIpc) is 3.26. The lowest BCUT2D eigenvalue weighted by Crippen LogP contribution is -2.38. The summed E-state index contributed by atoms with van der Waals surface area (Å²) in [5.41, 5.74) is 3.69. The maximum absolute atomic E-state index is 10.4. The Bertz CT molecular complexity index is 971. The van der Waals surface area contributed by atoms with Gasteiger partial charge in [0.15, 0.2) is 11.5 Å². The molecule has 0 radical (unpaired) electrons. The summed E-state index contributed by atoms with van der Waals surface area (Å²) < 4.78 is 16.1. The van der Waals surface area contributed by atoms with E-state index in [-0.39, 0.29) is 6.61 Å². The van der Waals surface area contributed by atoms with E-state index >= 15 is 0 Å². The molecular weight excluding hydrogens is 396 g/mol. The molecule has 0 amide bonds. The number of likely N-dealkylation sites (tertiary alicyclic amines) is 1. The lowest BCUT2D eigenvalue weighted by Gasteiger charge is -2.28. The second-order valence-electron chi connectivity index (χ2n) is 8.00. The highest BCUT2D eigenvalue weighted by Crippen LogP contribution is 2.28. The molecule has 31 heavy (non-hydrogen) atoms. The molecule has 3 aromatic rings. The number of nitrogens with one attached hydrogen (secondary N) is 1. The Hall–Kier alpha value is -2.68. The molecule has 0 bridgehead atoms. The second kappa shape index (κ2) is 10.6. The molecule has 166 valence electrons.